The largest absolute Gasteiger partial charge is 0.508 e. The van der Waals surface area contributed by atoms with Crippen molar-refractivity contribution in [1.29, 1.82) is 0 Å². The Morgan fingerprint density at radius 2 is 1.67 bits per heavy atom. The maximum atomic E-state index is 12.3. The molecule has 0 radical (unpaired) electrons. The molecule has 0 atom stereocenters. The molecule has 3 rings (SSSR count). The van der Waals surface area contributed by atoms with Gasteiger partial charge in [-0.1, -0.05) is 19.1 Å². The maximum Gasteiger partial charge on any atom is 0.347 e. The molecule has 122 valence electrons. The molecule has 0 aromatic heterocycles. The standard InChI is InChI=1S/C19H16O5/c1-2-11-3-8-14-15(9-11)17(21)10-16(18(14)22)19(23)24-13-6-4-12(20)5-7-13/h3-10,20-22H,2H2,1H3. The molecular weight excluding hydrogens is 308 g/mol. The third-order valence-electron chi connectivity index (χ3n) is 3.83. The Bertz CT molecular complexity index is 913. The molecule has 0 saturated heterocycles. The molecular formula is C19H16O5. The molecule has 3 N–H and O–H groups in total. The highest BCUT2D eigenvalue weighted by atomic mass is 16.5. The van der Waals surface area contributed by atoms with Crippen molar-refractivity contribution in [3.63, 3.8) is 0 Å². The van der Waals surface area contributed by atoms with E-state index in [0.29, 0.717) is 10.8 Å². The minimum Gasteiger partial charge on any atom is -0.508 e. The van der Waals surface area contributed by atoms with Gasteiger partial charge in [0.25, 0.3) is 0 Å². The summed E-state index contributed by atoms with van der Waals surface area (Å²) in [5, 5.41) is 30.7. The molecule has 0 spiro atoms. The number of ether oxygens (including phenoxy) is 1. The van der Waals surface area contributed by atoms with Gasteiger partial charge in [-0.25, -0.2) is 4.79 Å². The summed E-state index contributed by atoms with van der Waals surface area (Å²) >= 11 is 0. The molecule has 0 saturated carbocycles. The Kier molecular flexibility index (Phi) is 4.00. The summed E-state index contributed by atoms with van der Waals surface area (Å²) in [6.07, 6.45) is 0.792. The van der Waals surface area contributed by atoms with Gasteiger partial charge in [0.2, 0.25) is 0 Å². The molecule has 0 aliphatic heterocycles. The summed E-state index contributed by atoms with van der Waals surface area (Å²) in [6, 6.07) is 12.1. The zero-order valence-electron chi connectivity index (χ0n) is 13.0. The van der Waals surface area contributed by atoms with Crippen molar-refractivity contribution in [1.82, 2.24) is 0 Å². The number of esters is 1. The van der Waals surface area contributed by atoms with Gasteiger partial charge in [0.1, 0.15) is 28.6 Å². The SMILES string of the molecule is CCc1ccc2c(O)c(C(=O)Oc3ccc(O)cc3)cc(O)c2c1. The lowest BCUT2D eigenvalue weighted by Gasteiger charge is -2.11. The van der Waals surface area contributed by atoms with Gasteiger partial charge in [-0.2, -0.15) is 0 Å². The van der Waals surface area contributed by atoms with Crippen LogP contribution in [-0.4, -0.2) is 21.3 Å². The molecule has 3 aromatic carbocycles. The van der Waals surface area contributed by atoms with Crippen LogP contribution in [0.15, 0.2) is 48.5 Å². The van der Waals surface area contributed by atoms with Crippen LogP contribution in [0, 0.1) is 0 Å². The molecule has 5 nitrogen and oxygen atoms in total. The predicted octanol–water partition coefficient (Wildman–Crippen LogP) is 3.74. The number of hydrogen-bond acceptors (Lipinski definition) is 5. The predicted molar refractivity (Wildman–Crippen MR) is 89.7 cm³/mol. The van der Waals surface area contributed by atoms with E-state index in [9.17, 15) is 20.1 Å². The molecule has 0 bridgehead atoms. The van der Waals surface area contributed by atoms with Crippen LogP contribution in [0.1, 0.15) is 22.8 Å². The fourth-order valence-electron chi connectivity index (χ4n) is 2.49. The third-order valence-corrected chi connectivity index (χ3v) is 3.83. The van der Waals surface area contributed by atoms with Crippen LogP contribution in [0.25, 0.3) is 10.8 Å². The first-order valence-electron chi connectivity index (χ1n) is 7.48. The van der Waals surface area contributed by atoms with Gasteiger partial charge < -0.3 is 20.1 Å². The Hall–Kier alpha value is -3.21. The average Bonchev–Trinajstić information content (AvgIpc) is 2.59. The maximum absolute atomic E-state index is 12.3. The van der Waals surface area contributed by atoms with Gasteiger partial charge in [0.05, 0.1) is 0 Å². The van der Waals surface area contributed by atoms with Crippen molar-refractivity contribution < 1.29 is 24.9 Å². The first kappa shape index (κ1) is 15.7. The number of phenolic OH excluding ortho intramolecular Hbond substituents is 3. The van der Waals surface area contributed by atoms with Crippen molar-refractivity contribution in [2.24, 2.45) is 0 Å². The fourth-order valence-corrected chi connectivity index (χ4v) is 2.49. The van der Waals surface area contributed by atoms with Gasteiger partial charge in [-0.3, -0.25) is 0 Å². The van der Waals surface area contributed by atoms with E-state index < -0.39 is 5.97 Å². The highest BCUT2D eigenvalue weighted by Crippen LogP contribution is 2.36. The molecule has 0 heterocycles. The van der Waals surface area contributed by atoms with Gasteiger partial charge in [-0.05, 0) is 48.4 Å². The van der Waals surface area contributed by atoms with Gasteiger partial charge in [0.15, 0.2) is 0 Å². The molecule has 0 fully saturated rings. The lowest BCUT2D eigenvalue weighted by molar-refractivity contribution is 0.0731. The van der Waals surface area contributed by atoms with Crippen LogP contribution in [0.4, 0.5) is 0 Å². The van der Waals surface area contributed by atoms with Crippen LogP contribution in [0.2, 0.25) is 0 Å². The Balaban J connectivity index is 2.01. The molecule has 3 aromatic rings. The molecule has 24 heavy (non-hydrogen) atoms. The summed E-state index contributed by atoms with van der Waals surface area (Å²) in [6.45, 7) is 1.99. The Morgan fingerprint density at radius 1 is 0.958 bits per heavy atom. The Morgan fingerprint density at radius 3 is 2.33 bits per heavy atom. The first-order chi connectivity index (χ1) is 11.5. The first-order valence-corrected chi connectivity index (χ1v) is 7.48. The molecule has 0 unspecified atom stereocenters. The Labute approximate surface area is 138 Å². The summed E-state index contributed by atoms with van der Waals surface area (Å²) in [7, 11) is 0. The number of benzene rings is 3. The van der Waals surface area contributed by atoms with Crippen LogP contribution < -0.4 is 4.74 Å². The number of carbonyl (C=O) groups excluding carboxylic acids is 1. The summed E-state index contributed by atoms with van der Waals surface area (Å²) in [5.74, 6) is -0.870. The van der Waals surface area contributed by atoms with E-state index in [1.54, 1.807) is 12.1 Å². The van der Waals surface area contributed by atoms with E-state index in [2.05, 4.69) is 0 Å². The minimum atomic E-state index is -0.796. The number of aromatic hydroxyl groups is 3. The summed E-state index contributed by atoms with van der Waals surface area (Å²) < 4.78 is 5.16. The van der Waals surface area contributed by atoms with Crippen LogP contribution in [0.5, 0.6) is 23.0 Å². The normalized spacial score (nSPS) is 10.7. The highest BCUT2D eigenvalue weighted by Gasteiger charge is 2.19. The molecule has 0 aliphatic carbocycles. The quantitative estimate of drug-likeness (QED) is 0.388. The van der Waals surface area contributed by atoms with Crippen molar-refractivity contribution >= 4 is 16.7 Å². The van der Waals surface area contributed by atoms with Crippen LogP contribution >= 0.6 is 0 Å². The van der Waals surface area contributed by atoms with Crippen LogP contribution in [0.3, 0.4) is 0 Å². The average molecular weight is 324 g/mol. The van der Waals surface area contributed by atoms with Gasteiger partial charge >= 0.3 is 5.97 Å². The molecule has 0 aliphatic rings. The summed E-state index contributed by atoms with van der Waals surface area (Å²) in [4.78, 5) is 12.3. The van der Waals surface area contributed by atoms with E-state index in [0.717, 1.165) is 12.0 Å². The number of carbonyl (C=O) groups is 1. The highest BCUT2D eigenvalue weighted by molar-refractivity contribution is 6.04. The van der Waals surface area contributed by atoms with Crippen molar-refractivity contribution in [3.8, 4) is 23.0 Å². The summed E-state index contributed by atoms with van der Waals surface area (Å²) in [5.41, 5.74) is 0.883. The number of aryl methyl sites for hydroxylation is 1. The van der Waals surface area contributed by atoms with Crippen LogP contribution in [-0.2, 0) is 6.42 Å². The number of rotatable bonds is 3. The smallest absolute Gasteiger partial charge is 0.347 e. The van der Waals surface area contributed by atoms with E-state index in [4.69, 9.17) is 4.74 Å². The molecule has 5 heteroatoms. The zero-order chi connectivity index (χ0) is 17.3. The van der Waals surface area contributed by atoms with E-state index in [-0.39, 0.29) is 28.6 Å². The third kappa shape index (κ3) is 2.84. The zero-order valence-corrected chi connectivity index (χ0v) is 13.0. The minimum absolute atomic E-state index is 0.0488. The van der Waals surface area contributed by atoms with E-state index in [1.165, 1.54) is 30.3 Å². The lowest BCUT2D eigenvalue weighted by Crippen LogP contribution is -2.09. The topological polar surface area (TPSA) is 87.0 Å². The second kappa shape index (κ2) is 6.12. The van der Waals surface area contributed by atoms with E-state index >= 15 is 0 Å². The fraction of sp³-hybridized carbons (Fsp3) is 0.105. The van der Waals surface area contributed by atoms with Crippen molar-refractivity contribution in [2.75, 3.05) is 0 Å². The van der Waals surface area contributed by atoms with Crippen molar-refractivity contribution in [2.45, 2.75) is 13.3 Å². The van der Waals surface area contributed by atoms with Gasteiger partial charge in [-0.15, -0.1) is 0 Å². The van der Waals surface area contributed by atoms with Crippen molar-refractivity contribution in [3.05, 3.63) is 59.7 Å². The monoisotopic (exact) mass is 324 g/mol. The lowest BCUT2D eigenvalue weighted by atomic mass is 10.0. The number of hydrogen-bond donors (Lipinski definition) is 3. The van der Waals surface area contributed by atoms with Gasteiger partial charge in [0, 0.05) is 10.8 Å². The van der Waals surface area contributed by atoms with E-state index in [1.807, 2.05) is 13.0 Å². The number of fused-ring (bicyclic) bond motifs is 1. The second-order valence-corrected chi connectivity index (χ2v) is 5.41. The second-order valence-electron chi connectivity index (χ2n) is 5.41. The molecule has 0 amide bonds. The number of phenols is 3.